The van der Waals surface area contributed by atoms with Gasteiger partial charge in [-0.2, -0.15) is 0 Å². The van der Waals surface area contributed by atoms with Crippen molar-refractivity contribution in [3.05, 3.63) is 35.9 Å². The fourth-order valence-electron chi connectivity index (χ4n) is 2.05. The third-order valence-electron chi connectivity index (χ3n) is 3.24. The Balaban J connectivity index is 2.53. The van der Waals surface area contributed by atoms with Gasteiger partial charge in [0.05, 0.1) is 19.9 Å². The molecular weight excluding hydrogens is 272 g/mol. The molecule has 2 rings (SSSR count). The molecule has 7 nitrogen and oxygen atoms in total. The number of hydrogen-bond acceptors (Lipinski definition) is 6. The van der Waals surface area contributed by atoms with E-state index in [1.807, 2.05) is 32.2 Å². The molecule has 1 unspecified atom stereocenters. The average molecular weight is 290 g/mol. The van der Waals surface area contributed by atoms with Crippen LogP contribution in [-0.2, 0) is 4.74 Å². The second kappa shape index (κ2) is 6.36. The predicted molar refractivity (Wildman–Crippen MR) is 76.7 cm³/mol. The fourth-order valence-corrected chi connectivity index (χ4v) is 2.05. The Morgan fingerprint density at radius 3 is 2.76 bits per heavy atom. The van der Waals surface area contributed by atoms with Gasteiger partial charge >= 0.3 is 5.97 Å². The molecule has 0 aliphatic carbocycles. The Morgan fingerprint density at radius 2 is 2.14 bits per heavy atom. The summed E-state index contributed by atoms with van der Waals surface area (Å²) in [6, 6.07) is 5.67. The number of nitrogens with one attached hydrogen (secondary N) is 1. The van der Waals surface area contributed by atoms with Crippen LogP contribution in [0.5, 0.6) is 5.75 Å². The predicted octanol–water partition coefficient (Wildman–Crippen LogP) is 1.34. The lowest BCUT2D eigenvalue weighted by atomic mass is 10.0. The maximum atomic E-state index is 11.5. The molecule has 112 valence electrons. The lowest BCUT2D eigenvalue weighted by Gasteiger charge is -2.18. The molecule has 0 bridgehead atoms. The lowest BCUT2D eigenvalue weighted by molar-refractivity contribution is 0.0587. The van der Waals surface area contributed by atoms with Crippen LogP contribution in [0.3, 0.4) is 0 Å². The van der Waals surface area contributed by atoms with Gasteiger partial charge in [0.15, 0.2) is 0 Å². The van der Waals surface area contributed by atoms with Crippen LogP contribution in [0, 0.1) is 0 Å². The number of nitrogens with zero attached hydrogens (tertiary/aromatic N) is 3. The molecule has 21 heavy (non-hydrogen) atoms. The SMILES string of the molecule is CNC(C)c1c(OC)cccc1-n1cnc(C(=O)OC)n1. The summed E-state index contributed by atoms with van der Waals surface area (Å²) < 4.78 is 11.6. The largest absolute Gasteiger partial charge is 0.496 e. The molecule has 0 spiro atoms. The highest BCUT2D eigenvalue weighted by Gasteiger charge is 2.18. The van der Waals surface area contributed by atoms with E-state index in [9.17, 15) is 4.79 Å². The molecule has 0 saturated carbocycles. The van der Waals surface area contributed by atoms with Gasteiger partial charge in [0.2, 0.25) is 0 Å². The average Bonchev–Trinajstić information content (AvgIpc) is 3.02. The van der Waals surface area contributed by atoms with Crippen LogP contribution in [0.15, 0.2) is 24.5 Å². The molecule has 1 aromatic heterocycles. The van der Waals surface area contributed by atoms with Gasteiger partial charge < -0.3 is 14.8 Å². The van der Waals surface area contributed by atoms with Crippen molar-refractivity contribution >= 4 is 5.97 Å². The molecule has 1 aromatic carbocycles. The minimum atomic E-state index is -0.570. The number of carbonyl (C=O) groups excluding carboxylic acids is 1. The molecule has 0 fully saturated rings. The van der Waals surface area contributed by atoms with Gasteiger partial charge in [-0.05, 0) is 26.1 Å². The molecule has 1 heterocycles. The summed E-state index contributed by atoms with van der Waals surface area (Å²) in [5.41, 5.74) is 1.72. The van der Waals surface area contributed by atoms with Gasteiger partial charge in [0, 0.05) is 11.6 Å². The van der Waals surface area contributed by atoms with Crippen molar-refractivity contribution in [1.82, 2.24) is 20.1 Å². The molecule has 0 aliphatic rings. The second-order valence-electron chi connectivity index (χ2n) is 4.41. The first-order valence-corrected chi connectivity index (χ1v) is 6.46. The Kier molecular flexibility index (Phi) is 4.54. The molecule has 1 atom stereocenters. The quantitative estimate of drug-likeness (QED) is 0.837. The zero-order valence-corrected chi connectivity index (χ0v) is 12.5. The highest BCUT2D eigenvalue weighted by Crippen LogP contribution is 2.30. The maximum Gasteiger partial charge on any atom is 0.377 e. The van der Waals surface area contributed by atoms with E-state index in [-0.39, 0.29) is 11.9 Å². The second-order valence-corrected chi connectivity index (χ2v) is 4.41. The summed E-state index contributed by atoms with van der Waals surface area (Å²) in [7, 11) is 4.78. The van der Waals surface area contributed by atoms with Crippen molar-refractivity contribution in [2.75, 3.05) is 21.3 Å². The van der Waals surface area contributed by atoms with E-state index in [1.165, 1.54) is 18.1 Å². The zero-order valence-electron chi connectivity index (χ0n) is 12.5. The van der Waals surface area contributed by atoms with E-state index in [0.717, 1.165) is 17.0 Å². The lowest BCUT2D eigenvalue weighted by Crippen LogP contribution is -2.16. The minimum Gasteiger partial charge on any atom is -0.496 e. The third-order valence-corrected chi connectivity index (χ3v) is 3.24. The Bertz CT molecular complexity index is 639. The van der Waals surface area contributed by atoms with Crippen molar-refractivity contribution in [3.63, 3.8) is 0 Å². The first kappa shape index (κ1) is 15.0. The number of esters is 1. The van der Waals surface area contributed by atoms with Gasteiger partial charge in [0.25, 0.3) is 5.82 Å². The van der Waals surface area contributed by atoms with Crippen LogP contribution in [0.25, 0.3) is 5.69 Å². The standard InChI is InChI=1S/C14H18N4O3/c1-9(15-2)12-10(6-5-7-11(12)20-3)18-8-16-13(17-18)14(19)21-4/h5-9,15H,1-4H3. The van der Waals surface area contributed by atoms with Crippen molar-refractivity contribution in [2.45, 2.75) is 13.0 Å². The summed E-state index contributed by atoms with van der Waals surface area (Å²) in [4.78, 5) is 15.4. The van der Waals surface area contributed by atoms with Crippen LogP contribution in [0.2, 0.25) is 0 Å². The molecule has 0 amide bonds. The molecule has 0 radical (unpaired) electrons. The Morgan fingerprint density at radius 1 is 1.38 bits per heavy atom. The van der Waals surface area contributed by atoms with Crippen LogP contribution < -0.4 is 10.1 Å². The molecule has 7 heteroatoms. The number of methoxy groups -OCH3 is 2. The van der Waals surface area contributed by atoms with Crippen LogP contribution >= 0.6 is 0 Å². The number of aromatic nitrogens is 3. The number of benzene rings is 1. The molecule has 2 aromatic rings. The van der Waals surface area contributed by atoms with Crippen molar-refractivity contribution < 1.29 is 14.3 Å². The smallest absolute Gasteiger partial charge is 0.377 e. The third kappa shape index (κ3) is 2.87. The number of rotatable bonds is 5. The van der Waals surface area contributed by atoms with Crippen molar-refractivity contribution in [3.8, 4) is 11.4 Å². The van der Waals surface area contributed by atoms with E-state index >= 15 is 0 Å². The van der Waals surface area contributed by atoms with Crippen LogP contribution in [0.4, 0.5) is 0 Å². The summed E-state index contributed by atoms with van der Waals surface area (Å²) >= 11 is 0. The summed E-state index contributed by atoms with van der Waals surface area (Å²) in [6.45, 7) is 2.01. The molecular formula is C14H18N4O3. The number of hydrogen-bond donors (Lipinski definition) is 1. The molecule has 1 N–H and O–H groups in total. The monoisotopic (exact) mass is 290 g/mol. The van der Waals surface area contributed by atoms with Gasteiger partial charge in [-0.3, -0.25) is 0 Å². The zero-order chi connectivity index (χ0) is 15.4. The first-order chi connectivity index (χ1) is 10.1. The summed E-state index contributed by atoms with van der Waals surface area (Å²) in [6.07, 6.45) is 1.48. The van der Waals surface area contributed by atoms with Gasteiger partial charge in [-0.15, -0.1) is 5.10 Å². The summed E-state index contributed by atoms with van der Waals surface area (Å²) in [5.74, 6) is 0.188. The van der Waals surface area contributed by atoms with E-state index in [1.54, 1.807) is 7.11 Å². The highest BCUT2D eigenvalue weighted by atomic mass is 16.5. The summed E-state index contributed by atoms with van der Waals surface area (Å²) in [5, 5.41) is 7.33. The number of ether oxygens (including phenoxy) is 2. The van der Waals surface area contributed by atoms with Crippen LogP contribution in [0.1, 0.15) is 29.1 Å². The van der Waals surface area contributed by atoms with Crippen LogP contribution in [-0.4, -0.2) is 42.0 Å². The van der Waals surface area contributed by atoms with Gasteiger partial charge in [-0.1, -0.05) is 6.07 Å². The van der Waals surface area contributed by atoms with Gasteiger partial charge in [0.1, 0.15) is 12.1 Å². The normalized spacial score (nSPS) is 12.0. The van der Waals surface area contributed by atoms with E-state index in [4.69, 9.17) is 4.74 Å². The van der Waals surface area contributed by atoms with E-state index < -0.39 is 5.97 Å². The van der Waals surface area contributed by atoms with Crippen molar-refractivity contribution in [2.24, 2.45) is 0 Å². The van der Waals surface area contributed by atoms with Crippen molar-refractivity contribution in [1.29, 1.82) is 0 Å². The highest BCUT2D eigenvalue weighted by molar-refractivity contribution is 5.84. The Hall–Kier alpha value is -2.41. The van der Waals surface area contributed by atoms with E-state index in [2.05, 4.69) is 20.1 Å². The minimum absolute atomic E-state index is 0.0170. The van der Waals surface area contributed by atoms with Gasteiger partial charge in [-0.25, -0.2) is 14.5 Å². The molecule has 0 saturated heterocycles. The number of carbonyl (C=O) groups is 1. The first-order valence-electron chi connectivity index (χ1n) is 6.46. The maximum absolute atomic E-state index is 11.5. The molecule has 0 aliphatic heterocycles. The van der Waals surface area contributed by atoms with E-state index in [0.29, 0.717) is 0 Å². The Labute approximate surface area is 122 Å². The fraction of sp³-hybridized carbons (Fsp3) is 0.357. The topological polar surface area (TPSA) is 78.3 Å².